The number of likely N-dealkylation sites (tertiary alicyclic amines) is 1. The quantitative estimate of drug-likeness (QED) is 0.610. The van der Waals surface area contributed by atoms with E-state index in [9.17, 15) is 18.0 Å². The first-order valence-electron chi connectivity index (χ1n) is 7.83. The Hall–Kier alpha value is -1.90. The van der Waals surface area contributed by atoms with Crippen LogP contribution in [0.15, 0.2) is 34.3 Å². The van der Waals surface area contributed by atoms with Crippen LogP contribution >= 0.6 is 11.9 Å². The normalized spacial score (nSPS) is 15.0. The van der Waals surface area contributed by atoms with Crippen LogP contribution in [0.4, 0.5) is 13.2 Å². The summed E-state index contributed by atoms with van der Waals surface area (Å²) in [6.45, 7) is 0.814. The maximum Gasteiger partial charge on any atom is 0.389 e. The van der Waals surface area contributed by atoms with Crippen LogP contribution in [-0.2, 0) is 4.79 Å². The number of nitrogens with one attached hydrogen (secondary N) is 1. The van der Waals surface area contributed by atoms with E-state index in [1.54, 1.807) is 7.11 Å². The summed E-state index contributed by atoms with van der Waals surface area (Å²) in [4.78, 5) is 17.1. The lowest BCUT2D eigenvalue weighted by Gasteiger charge is -2.27. The minimum absolute atomic E-state index is 0.407. The number of hydrogen-bond acceptors (Lipinski definition) is 5. The highest BCUT2D eigenvalue weighted by Crippen LogP contribution is 2.22. The number of carbonyl (C=O) groups excluding carboxylic acids is 1. The van der Waals surface area contributed by atoms with Gasteiger partial charge in [0.05, 0.1) is 13.5 Å². The first-order chi connectivity index (χ1) is 11.9. The molecule has 1 fully saturated rings. The minimum atomic E-state index is -4.29. The van der Waals surface area contributed by atoms with Crippen molar-refractivity contribution in [3.63, 3.8) is 0 Å². The summed E-state index contributed by atoms with van der Waals surface area (Å²) in [6, 6.07) is 7.50. The van der Waals surface area contributed by atoms with E-state index >= 15 is 0 Å². The molecule has 25 heavy (non-hydrogen) atoms. The molecule has 0 atom stereocenters. The summed E-state index contributed by atoms with van der Waals surface area (Å²) in [5, 5.41) is 4.28. The van der Waals surface area contributed by atoms with E-state index in [2.05, 4.69) is 9.93 Å². The van der Waals surface area contributed by atoms with E-state index in [1.807, 2.05) is 24.3 Å². The fourth-order valence-electron chi connectivity index (χ4n) is 2.32. The molecule has 0 spiro atoms. The Morgan fingerprint density at radius 2 is 1.92 bits per heavy atom. The van der Waals surface area contributed by atoms with Crippen molar-refractivity contribution in [2.24, 2.45) is 5.10 Å². The zero-order valence-corrected chi connectivity index (χ0v) is 14.6. The van der Waals surface area contributed by atoms with Crippen LogP contribution in [0.2, 0.25) is 0 Å². The van der Waals surface area contributed by atoms with E-state index in [4.69, 9.17) is 4.74 Å². The van der Waals surface area contributed by atoms with Crippen molar-refractivity contribution in [1.82, 2.24) is 9.73 Å². The van der Waals surface area contributed by atoms with Gasteiger partial charge in [0.25, 0.3) is 0 Å². The second-order valence-electron chi connectivity index (χ2n) is 5.54. The average molecular weight is 375 g/mol. The first-order valence-corrected chi connectivity index (χ1v) is 8.65. The topological polar surface area (TPSA) is 53.9 Å². The van der Waals surface area contributed by atoms with Crippen molar-refractivity contribution in [2.45, 2.75) is 36.8 Å². The van der Waals surface area contributed by atoms with Gasteiger partial charge in [-0.1, -0.05) is 0 Å². The second-order valence-corrected chi connectivity index (χ2v) is 6.40. The lowest BCUT2D eigenvalue weighted by Crippen LogP contribution is -2.39. The number of hydrogen-bond donors (Lipinski definition) is 1. The molecule has 0 aliphatic carbocycles. The van der Waals surface area contributed by atoms with Gasteiger partial charge in [0.2, 0.25) is 5.91 Å². The Labute approximate surface area is 148 Å². The van der Waals surface area contributed by atoms with Gasteiger partial charge in [0.1, 0.15) is 5.75 Å². The number of carbonyl (C=O) groups is 1. The molecule has 1 aliphatic heterocycles. The van der Waals surface area contributed by atoms with E-state index in [-0.39, 0.29) is 0 Å². The van der Waals surface area contributed by atoms with Crippen LogP contribution < -0.4 is 9.57 Å². The van der Waals surface area contributed by atoms with Gasteiger partial charge in [-0.15, -0.1) is 0 Å². The number of amides is 1. The van der Waals surface area contributed by atoms with Crippen LogP contribution in [0.25, 0.3) is 0 Å². The number of methoxy groups -OCH3 is 1. The summed E-state index contributed by atoms with van der Waals surface area (Å²) in [5.74, 6) is 0.329. The lowest BCUT2D eigenvalue weighted by atomic mass is 10.1. The third kappa shape index (κ3) is 6.85. The van der Waals surface area contributed by atoms with Crippen molar-refractivity contribution in [3.05, 3.63) is 24.3 Å². The number of ether oxygens (including phenoxy) is 1. The molecule has 0 aromatic heterocycles. The molecular formula is C16H20F3N3O2S. The molecule has 0 bridgehead atoms. The highest BCUT2D eigenvalue weighted by Gasteiger charge is 2.29. The summed E-state index contributed by atoms with van der Waals surface area (Å²) in [5.41, 5.74) is 0.904. The van der Waals surface area contributed by atoms with E-state index in [0.29, 0.717) is 25.9 Å². The fourth-order valence-corrected chi connectivity index (χ4v) is 2.87. The highest BCUT2D eigenvalue weighted by molar-refractivity contribution is 7.97. The van der Waals surface area contributed by atoms with Crippen molar-refractivity contribution in [3.8, 4) is 5.75 Å². The Kier molecular flexibility index (Phi) is 6.98. The third-order valence-electron chi connectivity index (χ3n) is 3.74. The largest absolute Gasteiger partial charge is 0.497 e. The van der Waals surface area contributed by atoms with Crippen LogP contribution in [0.1, 0.15) is 25.7 Å². The van der Waals surface area contributed by atoms with Gasteiger partial charge in [-0.2, -0.15) is 18.3 Å². The van der Waals surface area contributed by atoms with Gasteiger partial charge in [-0.05, 0) is 24.3 Å². The van der Waals surface area contributed by atoms with Gasteiger partial charge in [0.15, 0.2) is 0 Å². The Bertz CT molecular complexity index is 596. The number of hydrazone groups is 1. The maximum atomic E-state index is 12.2. The number of benzene rings is 1. The molecule has 2 rings (SSSR count). The van der Waals surface area contributed by atoms with Crippen LogP contribution in [0, 0.1) is 0 Å². The first kappa shape index (κ1) is 19.4. The summed E-state index contributed by atoms with van der Waals surface area (Å²) < 4.78 is 41.6. The molecule has 138 valence electrons. The fraction of sp³-hybridized carbons (Fsp3) is 0.500. The summed E-state index contributed by atoms with van der Waals surface area (Å²) in [7, 11) is 1.60. The van der Waals surface area contributed by atoms with Crippen LogP contribution in [0.5, 0.6) is 5.75 Å². The van der Waals surface area contributed by atoms with Crippen LogP contribution in [0.3, 0.4) is 0 Å². The molecule has 1 aromatic carbocycles. The molecule has 1 aromatic rings. The molecule has 1 amide bonds. The Morgan fingerprint density at radius 3 is 2.48 bits per heavy atom. The zero-order chi connectivity index (χ0) is 18.3. The molecule has 9 heteroatoms. The number of rotatable bonds is 6. The van der Waals surface area contributed by atoms with Gasteiger partial charge in [-0.3, -0.25) is 4.79 Å². The number of halogens is 3. The predicted octanol–water partition coefficient (Wildman–Crippen LogP) is 3.61. The van der Waals surface area contributed by atoms with Gasteiger partial charge in [-0.25, -0.2) is 4.83 Å². The van der Waals surface area contributed by atoms with Crippen molar-refractivity contribution in [2.75, 3.05) is 20.2 Å². The van der Waals surface area contributed by atoms with Crippen LogP contribution in [-0.4, -0.2) is 42.9 Å². The molecule has 1 saturated heterocycles. The standard InChI is InChI=1S/C16H20F3N3O2S/c1-24-13-2-4-14(5-3-13)25-21-20-12-7-10-22(11-8-12)15(23)6-9-16(17,18)19/h2-5,21H,6-11H2,1H3. The Balaban J connectivity index is 1.71. The minimum Gasteiger partial charge on any atom is -0.497 e. The van der Waals surface area contributed by atoms with Gasteiger partial charge >= 0.3 is 6.18 Å². The molecule has 0 unspecified atom stereocenters. The van der Waals surface area contributed by atoms with Gasteiger partial charge < -0.3 is 9.64 Å². The second kappa shape index (κ2) is 8.98. The third-order valence-corrected chi connectivity index (χ3v) is 4.43. The number of nitrogens with zero attached hydrogens (tertiary/aromatic N) is 2. The Morgan fingerprint density at radius 1 is 1.28 bits per heavy atom. The average Bonchev–Trinajstić information content (AvgIpc) is 2.60. The molecule has 0 saturated carbocycles. The monoisotopic (exact) mass is 375 g/mol. The molecule has 5 nitrogen and oxygen atoms in total. The number of piperidine rings is 1. The maximum absolute atomic E-state index is 12.2. The van der Waals surface area contributed by atoms with E-state index < -0.39 is 24.9 Å². The summed E-state index contributed by atoms with van der Waals surface area (Å²) in [6.07, 6.45) is -4.71. The van der Waals surface area contributed by atoms with E-state index in [0.717, 1.165) is 16.4 Å². The molecule has 0 radical (unpaired) electrons. The van der Waals surface area contributed by atoms with Crippen molar-refractivity contribution >= 4 is 23.6 Å². The SMILES string of the molecule is COc1ccc(SNN=C2CCN(C(=O)CCC(F)(F)F)CC2)cc1. The van der Waals surface area contributed by atoms with Crippen molar-refractivity contribution < 1.29 is 22.7 Å². The molecular weight excluding hydrogens is 355 g/mol. The number of alkyl halides is 3. The summed E-state index contributed by atoms with van der Waals surface area (Å²) >= 11 is 1.35. The molecule has 1 heterocycles. The predicted molar refractivity (Wildman–Crippen MR) is 90.5 cm³/mol. The van der Waals surface area contributed by atoms with E-state index in [1.165, 1.54) is 16.8 Å². The molecule has 1 N–H and O–H groups in total. The lowest BCUT2D eigenvalue weighted by molar-refractivity contribution is -0.149. The smallest absolute Gasteiger partial charge is 0.389 e. The molecule has 1 aliphatic rings. The zero-order valence-electron chi connectivity index (χ0n) is 13.8. The van der Waals surface area contributed by atoms with Crippen molar-refractivity contribution in [1.29, 1.82) is 0 Å². The highest BCUT2D eigenvalue weighted by atomic mass is 32.2. The van der Waals surface area contributed by atoms with Gasteiger partial charge in [0, 0.05) is 54.9 Å².